The lowest BCUT2D eigenvalue weighted by molar-refractivity contribution is 0.0554. The van der Waals surface area contributed by atoms with Crippen molar-refractivity contribution in [1.82, 2.24) is 0 Å². The van der Waals surface area contributed by atoms with Crippen LogP contribution in [0.3, 0.4) is 0 Å². The molecular formula is C14H23NO2. The van der Waals surface area contributed by atoms with Crippen LogP contribution in [0, 0.1) is 19.3 Å². The Bertz CT molecular complexity index is 376. The number of aliphatic hydroxyl groups excluding tert-OH is 1. The van der Waals surface area contributed by atoms with Crippen molar-refractivity contribution in [1.29, 1.82) is 0 Å². The molecule has 0 aliphatic heterocycles. The molecule has 0 aromatic heterocycles. The zero-order chi connectivity index (χ0) is 13.2. The number of aryl methyl sites for hydroxylation is 2. The molecular weight excluding hydrogens is 214 g/mol. The van der Waals surface area contributed by atoms with Crippen molar-refractivity contribution in [3.05, 3.63) is 28.8 Å². The number of hydrogen-bond donors (Lipinski definition) is 2. The Balaban J connectivity index is 3.17. The van der Waals surface area contributed by atoms with E-state index < -0.39 is 6.10 Å². The highest BCUT2D eigenvalue weighted by atomic mass is 16.5. The normalized spacial score (nSPS) is 13.6. The van der Waals surface area contributed by atoms with E-state index in [1.165, 1.54) is 0 Å². The van der Waals surface area contributed by atoms with Crippen LogP contribution in [0.1, 0.15) is 36.6 Å². The van der Waals surface area contributed by atoms with Crippen LogP contribution in [0.4, 0.5) is 0 Å². The van der Waals surface area contributed by atoms with E-state index in [4.69, 9.17) is 10.5 Å². The van der Waals surface area contributed by atoms with Crippen LogP contribution < -0.4 is 10.5 Å². The molecule has 0 radical (unpaired) electrons. The Hall–Kier alpha value is -1.06. The standard InChI is InChI=1S/C14H23NO2/c1-9-6-11(7-10(2)12(9)17-5)13(16)14(3,4)8-15/h6-7,13,16H,8,15H2,1-5H3. The van der Waals surface area contributed by atoms with Crippen molar-refractivity contribution in [3.63, 3.8) is 0 Å². The molecule has 1 atom stereocenters. The van der Waals surface area contributed by atoms with Gasteiger partial charge in [0, 0.05) is 12.0 Å². The van der Waals surface area contributed by atoms with E-state index in [-0.39, 0.29) is 5.41 Å². The second-order valence-corrected chi connectivity index (χ2v) is 5.28. The van der Waals surface area contributed by atoms with Gasteiger partial charge < -0.3 is 15.6 Å². The van der Waals surface area contributed by atoms with Crippen LogP contribution in [0.2, 0.25) is 0 Å². The molecule has 0 aliphatic rings. The first-order chi connectivity index (χ1) is 7.83. The quantitative estimate of drug-likeness (QED) is 0.845. The van der Waals surface area contributed by atoms with Gasteiger partial charge >= 0.3 is 0 Å². The van der Waals surface area contributed by atoms with Crippen molar-refractivity contribution in [3.8, 4) is 5.75 Å². The lowest BCUT2D eigenvalue weighted by atomic mass is 9.82. The summed E-state index contributed by atoms with van der Waals surface area (Å²) in [5, 5.41) is 10.3. The number of nitrogens with two attached hydrogens (primary N) is 1. The molecule has 0 saturated carbocycles. The molecule has 3 N–H and O–H groups in total. The Morgan fingerprint density at radius 2 is 1.76 bits per heavy atom. The summed E-state index contributed by atoms with van der Waals surface area (Å²) in [5.41, 5.74) is 8.34. The lowest BCUT2D eigenvalue weighted by Crippen LogP contribution is -2.30. The highest BCUT2D eigenvalue weighted by molar-refractivity contribution is 5.44. The van der Waals surface area contributed by atoms with Gasteiger partial charge in [0.1, 0.15) is 5.75 Å². The first-order valence-corrected chi connectivity index (χ1v) is 5.86. The van der Waals surface area contributed by atoms with Crippen molar-refractivity contribution in [2.45, 2.75) is 33.8 Å². The highest BCUT2D eigenvalue weighted by Gasteiger charge is 2.28. The predicted octanol–water partition coefficient (Wildman–Crippen LogP) is 2.33. The number of hydrogen-bond acceptors (Lipinski definition) is 3. The van der Waals surface area contributed by atoms with Crippen molar-refractivity contribution >= 4 is 0 Å². The monoisotopic (exact) mass is 237 g/mol. The van der Waals surface area contributed by atoms with Crippen LogP contribution in [-0.4, -0.2) is 18.8 Å². The maximum absolute atomic E-state index is 10.3. The number of ether oxygens (including phenoxy) is 1. The fraction of sp³-hybridized carbons (Fsp3) is 0.571. The average molecular weight is 237 g/mol. The first kappa shape index (κ1) is 14.0. The SMILES string of the molecule is COc1c(C)cc(C(O)C(C)(C)CN)cc1C. The molecule has 96 valence electrons. The maximum Gasteiger partial charge on any atom is 0.124 e. The van der Waals surface area contributed by atoms with E-state index in [2.05, 4.69) is 0 Å². The Morgan fingerprint density at radius 1 is 1.29 bits per heavy atom. The Kier molecular flexibility index (Phi) is 4.17. The van der Waals surface area contributed by atoms with Crippen molar-refractivity contribution in [2.75, 3.05) is 13.7 Å². The van der Waals surface area contributed by atoms with Gasteiger partial charge in [-0.1, -0.05) is 13.8 Å². The molecule has 3 heteroatoms. The Morgan fingerprint density at radius 3 is 2.12 bits per heavy atom. The van der Waals surface area contributed by atoms with E-state index in [9.17, 15) is 5.11 Å². The molecule has 0 fully saturated rings. The minimum absolute atomic E-state index is 0.326. The third-order valence-electron chi connectivity index (χ3n) is 3.27. The van der Waals surface area contributed by atoms with E-state index in [0.29, 0.717) is 6.54 Å². The summed E-state index contributed by atoms with van der Waals surface area (Å²) in [6.45, 7) is 8.34. The summed E-state index contributed by atoms with van der Waals surface area (Å²) >= 11 is 0. The van der Waals surface area contributed by atoms with Gasteiger partial charge in [-0.2, -0.15) is 0 Å². The fourth-order valence-corrected chi connectivity index (χ4v) is 2.03. The summed E-state index contributed by atoms with van der Waals surface area (Å²) in [5.74, 6) is 0.881. The van der Waals surface area contributed by atoms with E-state index in [0.717, 1.165) is 22.4 Å². The number of methoxy groups -OCH3 is 1. The summed E-state index contributed by atoms with van der Waals surface area (Å²) in [6, 6.07) is 3.93. The van der Waals surface area contributed by atoms with Gasteiger partial charge in [-0.05, 0) is 42.7 Å². The van der Waals surface area contributed by atoms with Gasteiger partial charge in [-0.3, -0.25) is 0 Å². The van der Waals surface area contributed by atoms with E-state index >= 15 is 0 Å². The minimum atomic E-state index is -0.559. The number of aliphatic hydroxyl groups is 1. The third-order valence-corrected chi connectivity index (χ3v) is 3.27. The maximum atomic E-state index is 10.3. The molecule has 0 saturated heterocycles. The van der Waals surface area contributed by atoms with Crippen LogP contribution in [0.15, 0.2) is 12.1 Å². The Labute approximate surface area is 104 Å². The molecule has 1 aromatic rings. The van der Waals surface area contributed by atoms with Crippen molar-refractivity contribution < 1.29 is 9.84 Å². The molecule has 0 amide bonds. The molecule has 1 aromatic carbocycles. The van der Waals surface area contributed by atoms with Crippen LogP contribution in [-0.2, 0) is 0 Å². The van der Waals surface area contributed by atoms with Gasteiger partial charge in [0.05, 0.1) is 13.2 Å². The zero-order valence-electron chi connectivity index (χ0n) is 11.4. The van der Waals surface area contributed by atoms with E-state index in [1.54, 1.807) is 7.11 Å². The first-order valence-electron chi connectivity index (χ1n) is 5.86. The third kappa shape index (κ3) is 2.79. The minimum Gasteiger partial charge on any atom is -0.496 e. The zero-order valence-corrected chi connectivity index (χ0v) is 11.4. The molecule has 0 heterocycles. The van der Waals surface area contributed by atoms with Gasteiger partial charge in [0.2, 0.25) is 0 Å². The van der Waals surface area contributed by atoms with Crippen LogP contribution >= 0.6 is 0 Å². The summed E-state index contributed by atoms with van der Waals surface area (Å²) in [4.78, 5) is 0. The predicted molar refractivity (Wildman–Crippen MR) is 70.3 cm³/mol. The van der Waals surface area contributed by atoms with Gasteiger partial charge in [-0.15, -0.1) is 0 Å². The summed E-state index contributed by atoms with van der Waals surface area (Å²) < 4.78 is 5.32. The summed E-state index contributed by atoms with van der Waals surface area (Å²) in [7, 11) is 1.66. The van der Waals surface area contributed by atoms with E-state index in [1.807, 2.05) is 39.8 Å². The van der Waals surface area contributed by atoms with Gasteiger partial charge in [-0.25, -0.2) is 0 Å². The second-order valence-electron chi connectivity index (χ2n) is 5.28. The van der Waals surface area contributed by atoms with Gasteiger partial charge in [0.25, 0.3) is 0 Å². The van der Waals surface area contributed by atoms with Crippen LogP contribution in [0.25, 0.3) is 0 Å². The smallest absolute Gasteiger partial charge is 0.124 e. The summed E-state index contributed by atoms with van der Waals surface area (Å²) in [6.07, 6.45) is -0.559. The fourth-order valence-electron chi connectivity index (χ4n) is 2.03. The topological polar surface area (TPSA) is 55.5 Å². The average Bonchev–Trinajstić information content (AvgIpc) is 2.27. The largest absolute Gasteiger partial charge is 0.496 e. The van der Waals surface area contributed by atoms with Crippen LogP contribution in [0.5, 0.6) is 5.75 Å². The molecule has 3 nitrogen and oxygen atoms in total. The molecule has 1 rings (SSSR count). The highest BCUT2D eigenvalue weighted by Crippen LogP contribution is 2.35. The number of benzene rings is 1. The second kappa shape index (κ2) is 5.07. The molecule has 1 unspecified atom stereocenters. The van der Waals surface area contributed by atoms with Crippen molar-refractivity contribution in [2.24, 2.45) is 11.1 Å². The molecule has 0 spiro atoms. The molecule has 0 bridgehead atoms. The lowest BCUT2D eigenvalue weighted by Gasteiger charge is -2.30. The molecule has 17 heavy (non-hydrogen) atoms. The number of rotatable bonds is 4. The molecule has 0 aliphatic carbocycles. The van der Waals surface area contributed by atoms with Gasteiger partial charge in [0.15, 0.2) is 0 Å².